The van der Waals surface area contributed by atoms with Crippen molar-refractivity contribution in [1.29, 1.82) is 0 Å². The molecule has 92 valence electrons. The van der Waals surface area contributed by atoms with E-state index in [1.165, 1.54) is 6.07 Å². The lowest BCUT2D eigenvalue weighted by Crippen LogP contribution is -1.97. The van der Waals surface area contributed by atoms with Gasteiger partial charge in [-0.05, 0) is 24.1 Å². The summed E-state index contributed by atoms with van der Waals surface area (Å²) in [5.41, 5.74) is 2.15. The Kier molecular flexibility index (Phi) is 3.63. The Bertz CT molecular complexity index is 547. The van der Waals surface area contributed by atoms with E-state index in [0.717, 1.165) is 11.1 Å². The fraction of sp³-hybridized carbons (Fsp3) is 0.133. The second kappa shape index (κ2) is 5.36. The quantitative estimate of drug-likeness (QED) is 0.838. The molecular formula is C15H14O3. The molecule has 1 N–H and O–H groups in total. The summed E-state index contributed by atoms with van der Waals surface area (Å²) in [4.78, 5) is 10.7. The maximum atomic E-state index is 10.7. The maximum absolute atomic E-state index is 10.7. The number of benzene rings is 2. The van der Waals surface area contributed by atoms with Gasteiger partial charge in [0.1, 0.15) is 18.1 Å². The minimum Gasteiger partial charge on any atom is -0.507 e. The van der Waals surface area contributed by atoms with Gasteiger partial charge >= 0.3 is 0 Å². The van der Waals surface area contributed by atoms with E-state index in [2.05, 4.69) is 0 Å². The van der Waals surface area contributed by atoms with Crippen molar-refractivity contribution in [1.82, 2.24) is 0 Å². The van der Waals surface area contributed by atoms with Crippen LogP contribution in [0.25, 0.3) is 0 Å². The zero-order valence-corrected chi connectivity index (χ0v) is 10.1. The van der Waals surface area contributed by atoms with Crippen LogP contribution in [0.5, 0.6) is 11.5 Å². The number of aryl methyl sites for hydroxylation is 1. The van der Waals surface area contributed by atoms with E-state index in [1.807, 2.05) is 37.3 Å². The van der Waals surface area contributed by atoms with Crippen LogP contribution >= 0.6 is 0 Å². The molecule has 0 aliphatic heterocycles. The third kappa shape index (κ3) is 2.69. The molecule has 0 aromatic heterocycles. The highest BCUT2D eigenvalue weighted by Crippen LogP contribution is 2.27. The number of ether oxygens (including phenoxy) is 1. The molecule has 3 heteroatoms. The molecule has 18 heavy (non-hydrogen) atoms. The van der Waals surface area contributed by atoms with Crippen molar-refractivity contribution >= 4 is 6.29 Å². The minimum absolute atomic E-state index is 0.0568. The van der Waals surface area contributed by atoms with Crippen LogP contribution in [0.2, 0.25) is 0 Å². The predicted octanol–water partition coefficient (Wildman–Crippen LogP) is 3.09. The topological polar surface area (TPSA) is 46.5 Å². The summed E-state index contributed by atoms with van der Waals surface area (Å²) < 4.78 is 5.63. The third-order valence-electron chi connectivity index (χ3n) is 2.69. The Morgan fingerprint density at radius 3 is 2.61 bits per heavy atom. The lowest BCUT2D eigenvalue weighted by molar-refractivity contribution is 0.112. The fourth-order valence-electron chi connectivity index (χ4n) is 1.68. The Labute approximate surface area is 106 Å². The zero-order chi connectivity index (χ0) is 13.0. The molecule has 2 aromatic rings. The molecule has 3 nitrogen and oxygen atoms in total. The SMILES string of the molecule is Cc1cc(C=O)c(O)cc1OCc1ccccc1. The normalized spacial score (nSPS) is 10.1. The van der Waals surface area contributed by atoms with Gasteiger partial charge in [0.15, 0.2) is 6.29 Å². The van der Waals surface area contributed by atoms with E-state index in [0.29, 0.717) is 18.6 Å². The Morgan fingerprint density at radius 1 is 1.22 bits per heavy atom. The highest BCUT2D eigenvalue weighted by atomic mass is 16.5. The summed E-state index contributed by atoms with van der Waals surface area (Å²) in [5.74, 6) is 0.528. The first-order chi connectivity index (χ1) is 8.70. The summed E-state index contributed by atoms with van der Waals surface area (Å²) in [6.45, 7) is 2.27. The molecule has 0 bridgehead atoms. The van der Waals surface area contributed by atoms with E-state index in [-0.39, 0.29) is 11.3 Å². The summed E-state index contributed by atoms with van der Waals surface area (Å²) in [7, 11) is 0. The van der Waals surface area contributed by atoms with Gasteiger partial charge < -0.3 is 9.84 Å². The largest absolute Gasteiger partial charge is 0.507 e. The van der Waals surface area contributed by atoms with Crippen molar-refractivity contribution in [2.45, 2.75) is 13.5 Å². The molecule has 0 spiro atoms. The number of hydrogen-bond donors (Lipinski definition) is 1. The van der Waals surface area contributed by atoms with Crippen LogP contribution in [0.15, 0.2) is 42.5 Å². The second-order valence-electron chi connectivity index (χ2n) is 4.07. The van der Waals surface area contributed by atoms with Crippen LogP contribution in [-0.2, 0) is 6.61 Å². The predicted molar refractivity (Wildman–Crippen MR) is 69.0 cm³/mol. The Morgan fingerprint density at radius 2 is 1.94 bits per heavy atom. The number of hydrogen-bond acceptors (Lipinski definition) is 3. The minimum atomic E-state index is -0.0568. The zero-order valence-electron chi connectivity index (χ0n) is 10.1. The standard InChI is InChI=1S/C15H14O3/c1-11-7-13(9-16)14(17)8-15(11)18-10-12-5-3-2-4-6-12/h2-9,17H,10H2,1H3. The first kappa shape index (κ1) is 12.2. The summed E-state index contributed by atoms with van der Waals surface area (Å²) in [5, 5.41) is 9.60. The average Bonchev–Trinajstić information content (AvgIpc) is 2.40. The van der Waals surface area contributed by atoms with Crippen molar-refractivity contribution in [3.05, 3.63) is 59.2 Å². The van der Waals surface area contributed by atoms with Gasteiger partial charge in [0.2, 0.25) is 0 Å². The number of phenols is 1. The van der Waals surface area contributed by atoms with Gasteiger partial charge in [0.25, 0.3) is 0 Å². The number of aromatic hydroxyl groups is 1. The smallest absolute Gasteiger partial charge is 0.153 e. The van der Waals surface area contributed by atoms with Gasteiger partial charge in [-0.1, -0.05) is 30.3 Å². The highest BCUT2D eigenvalue weighted by Gasteiger charge is 2.07. The number of aldehydes is 1. The van der Waals surface area contributed by atoms with Gasteiger partial charge in [-0.2, -0.15) is 0 Å². The fourth-order valence-corrected chi connectivity index (χ4v) is 1.68. The molecule has 0 radical (unpaired) electrons. The van der Waals surface area contributed by atoms with Crippen LogP contribution < -0.4 is 4.74 Å². The van der Waals surface area contributed by atoms with Crippen molar-refractivity contribution < 1.29 is 14.6 Å². The van der Waals surface area contributed by atoms with E-state index >= 15 is 0 Å². The average molecular weight is 242 g/mol. The number of carbonyl (C=O) groups excluding carboxylic acids is 1. The summed E-state index contributed by atoms with van der Waals surface area (Å²) in [6, 6.07) is 12.9. The maximum Gasteiger partial charge on any atom is 0.153 e. The van der Waals surface area contributed by atoms with Gasteiger partial charge in [-0.3, -0.25) is 4.79 Å². The molecule has 0 atom stereocenters. The van der Waals surface area contributed by atoms with E-state index in [1.54, 1.807) is 6.07 Å². The molecule has 0 heterocycles. The van der Waals surface area contributed by atoms with Crippen molar-refractivity contribution in [3.63, 3.8) is 0 Å². The molecule has 0 aliphatic rings. The molecule has 0 amide bonds. The van der Waals surface area contributed by atoms with E-state index < -0.39 is 0 Å². The molecule has 0 saturated heterocycles. The Hall–Kier alpha value is -2.29. The number of rotatable bonds is 4. The molecular weight excluding hydrogens is 228 g/mol. The molecule has 0 aliphatic carbocycles. The number of carbonyl (C=O) groups is 1. The molecule has 0 unspecified atom stereocenters. The van der Waals surface area contributed by atoms with Crippen LogP contribution in [0.4, 0.5) is 0 Å². The molecule has 0 saturated carbocycles. The first-order valence-corrected chi connectivity index (χ1v) is 5.66. The van der Waals surface area contributed by atoms with Gasteiger partial charge in [-0.25, -0.2) is 0 Å². The summed E-state index contributed by atoms with van der Waals surface area (Å²) >= 11 is 0. The third-order valence-corrected chi connectivity index (χ3v) is 2.69. The summed E-state index contributed by atoms with van der Waals surface area (Å²) in [6.07, 6.45) is 0.628. The van der Waals surface area contributed by atoms with Crippen LogP contribution in [0.1, 0.15) is 21.5 Å². The molecule has 0 fully saturated rings. The monoisotopic (exact) mass is 242 g/mol. The molecule has 2 rings (SSSR count). The lowest BCUT2D eigenvalue weighted by atomic mass is 10.1. The van der Waals surface area contributed by atoms with Crippen molar-refractivity contribution in [2.24, 2.45) is 0 Å². The van der Waals surface area contributed by atoms with Crippen LogP contribution in [0, 0.1) is 6.92 Å². The lowest BCUT2D eigenvalue weighted by Gasteiger charge is -2.10. The van der Waals surface area contributed by atoms with Crippen LogP contribution in [0.3, 0.4) is 0 Å². The van der Waals surface area contributed by atoms with Crippen molar-refractivity contribution in [3.8, 4) is 11.5 Å². The molecule has 2 aromatic carbocycles. The van der Waals surface area contributed by atoms with E-state index in [9.17, 15) is 9.90 Å². The van der Waals surface area contributed by atoms with Crippen molar-refractivity contribution in [2.75, 3.05) is 0 Å². The van der Waals surface area contributed by atoms with Gasteiger partial charge in [0.05, 0.1) is 5.56 Å². The Balaban J connectivity index is 2.15. The second-order valence-corrected chi connectivity index (χ2v) is 4.07. The van der Waals surface area contributed by atoms with Crippen LogP contribution in [-0.4, -0.2) is 11.4 Å². The van der Waals surface area contributed by atoms with E-state index in [4.69, 9.17) is 4.74 Å². The first-order valence-electron chi connectivity index (χ1n) is 5.66. The van der Waals surface area contributed by atoms with Gasteiger partial charge in [0, 0.05) is 6.07 Å². The van der Waals surface area contributed by atoms with Gasteiger partial charge in [-0.15, -0.1) is 0 Å². The number of phenolic OH excluding ortho intramolecular Hbond substituents is 1. The highest BCUT2D eigenvalue weighted by molar-refractivity contribution is 5.80.